The molecule has 1 amide bonds. The van der Waals surface area contributed by atoms with E-state index < -0.39 is 0 Å². The molecule has 0 fully saturated rings. The Morgan fingerprint density at radius 2 is 2.12 bits per heavy atom. The Hall–Kier alpha value is -1.00. The predicted molar refractivity (Wildman–Crippen MR) is 68.2 cm³/mol. The zero-order chi connectivity index (χ0) is 12.0. The van der Waals surface area contributed by atoms with Crippen molar-refractivity contribution in [2.45, 2.75) is 31.6 Å². The molecule has 88 valence electrons. The maximum atomic E-state index is 10.9. The molecule has 0 aromatic heterocycles. The number of thioether (sulfide) groups is 1. The minimum Gasteiger partial charge on any atom is -0.294 e. The molecule has 0 radical (unpaired) electrons. The summed E-state index contributed by atoms with van der Waals surface area (Å²) in [5.41, 5.74) is 4.75. The van der Waals surface area contributed by atoms with E-state index >= 15 is 0 Å². The van der Waals surface area contributed by atoms with Gasteiger partial charge in [0.15, 0.2) is 0 Å². The van der Waals surface area contributed by atoms with Crippen molar-refractivity contribution >= 4 is 17.7 Å². The van der Waals surface area contributed by atoms with E-state index in [0.29, 0.717) is 6.42 Å². The van der Waals surface area contributed by atoms with Crippen LogP contribution in [-0.2, 0) is 4.79 Å². The normalized spacial score (nSPS) is 10.2. The van der Waals surface area contributed by atoms with Crippen LogP contribution >= 0.6 is 11.8 Å². The average molecular weight is 238 g/mol. The molecule has 0 bridgehead atoms. The number of hydrogen-bond donors (Lipinski definition) is 2. The lowest BCUT2D eigenvalue weighted by Crippen LogP contribution is -2.29. The van der Waals surface area contributed by atoms with Gasteiger partial charge in [-0.05, 0) is 49.3 Å². The SMILES string of the molecule is Cc1ccc(SCCCC(=O)NN)cc1C. The first kappa shape index (κ1) is 13.1. The molecule has 1 aromatic rings. The summed E-state index contributed by atoms with van der Waals surface area (Å²) in [4.78, 5) is 12.1. The van der Waals surface area contributed by atoms with Gasteiger partial charge in [-0.1, -0.05) is 6.07 Å². The van der Waals surface area contributed by atoms with Gasteiger partial charge in [0.25, 0.3) is 0 Å². The molecule has 0 aliphatic heterocycles. The zero-order valence-electron chi connectivity index (χ0n) is 9.75. The van der Waals surface area contributed by atoms with Crippen molar-refractivity contribution in [3.63, 3.8) is 0 Å². The molecule has 0 heterocycles. The number of rotatable bonds is 5. The van der Waals surface area contributed by atoms with E-state index in [-0.39, 0.29) is 5.91 Å². The zero-order valence-corrected chi connectivity index (χ0v) is 10.6. The highest BCUT2D eigenvalue weighted by Gasteiger charge is 2.00. The maximum Gasteiger partial charge on any atom is 0.233 e. The fourth-order valence-electron chi connectivity index (χ4n) is 1.30. The highest BCUT2D eigenvalue weighted by Crippen LogP contribution is 2.21. The number of aryl methyl sites for hydroxylation is 2. The number of carbonyl (C=O) groups excluding carboxylic acids is 1. The van der Waals surface area contributed by atoms with Crippen molar-refractivity contribution in [3.05, 3.63) is 29.3 Å². The number of benzene rings is 1. The molecule has 3 N–H and O–H groups in total. The van der Waals surface area contributed by atoms with Crippen LogP contribution in [0.5, 0.6) is 0 Å². The summed E-state index contributed by atoms with van der Waals surface area (Å²) < 4.78 is 0. The molecule has 0 saturated carbocycles. The van der Waals surface area contributed by atoms with Crippen LogP contribution in [-0.4, -0.2) is 11.7 Å². The summed E-state index contributed by atoms with van der Waals surface area (Å²) in [5.74, 6) is 5.84. The second kappa shape index (κ2) is 6.55. The Morgan fingerprint density at radius 3 is 2.75 bits per heavy atom. The third-order valence-electron chi connectivity index (χ3n) is 2.46. The van der Waals surface area contributed by atoms with Crippen LogP contribution in [0.2, 0.25) is 0 Å². The van der Waals surface area contributed by atoms with Gasteiger partial charge in [0, 0.05) is 11.3 Å². The van der Waals surface area contributed by atoms with Crippen LogP contribution in [0.15, 0.2) is 23.1 Å². The van der Waals surface area contributed by atoms with Crippen molar-refractivity contribution in [2.75, 3.05) is 5.75 Å². The summed E-state index contributed by atoms with van der Waals surface area (Å²) in [7, 11) is 0. The van der Waals surface area contributed by atoms with E-state index in [9.17, 15) is 4.79 Å². The van der Waals surface area contributed by atoms with Gasteiger partial charge in [-0.2, -0.15) is 0 Å². The Kier molecular flexibility index (Phi) is 5.35. The predicted octanol–water partition coefficient (Wildman–Crippen LogP) is 2.17. The van der Waals surface area contributed by atoms with E-state index in [2.05, 4.69) is 37.5 Å². The fourth-order valence-corrected chi connectivity index (χ4v) is 2.25. The highest BCUT2D eigenvalue weighted by atomic mass is 32.2. The molecule has 16 heavy (non-hydrogen) atoms. The van der Waals surface area contributed by atoms with E-state index in [0.717, 1.165) is 12.2 Å². The van der Waals surface area contributed by atoms with Gasteiger partial charge >= 0.3 is 0 Å². The third kappa shape index (κ3) is 4.24. The van der Waals surface area contributed by atoms with Crippen LogP contribution in [0.3, 0.4) is 0 Å². The quantitative estimate of drug-likeness (QED) is 0.272. The number of carbonyl (C=O) groups is 1. The van der Waals surface area contributed by atoms with Gasteiger partial charge in [-0.15, -0.1) is 11.8 Å². The van der Waals surface area contributed by atoms with Gasteiger partial charge in [0.05, 0.1) is 0 Å². The largest absolute Gasteiger partial charge is 0.294 e. The second-order valence-electron chi connectivity index (χ2n) is 3.77. The standard InChI is InChI=1S/C12H18N2OS/c1-9-5-6-11(8-10(9)2)16-7-3-4-12(15)14-13/h5-6,8H,3-4,7,13H2,1-2H3,(H,14,15). The molecule has 3 nitrogen and oxygen atoms in total. The van der Waals surface area contributed by atoms with Crippen LogP contribution in [0.4, 0.5) is 0 Å². The van der Waals surface area contributed by atoms with Crippen LogP contribution < -0.4 is 11.3 Å². The highest BCUT2D eigenvalue weighted by molar-refractivity contribution is 7.99. The molecule has 4 heteroatoms. The molecule has 1 rings (SSSR count). The van der Waals surface area contributed by atoms with Crippen LogP contribution in [0.1, 0.15) is 24.0 Å². The molecule has 0 aliphatic carbocycles. The second-order valence-corrected chi connectivity index (χ2v) is 4.93. The van der Waals surface area contributed by atoms with Gasteiger partial charge in [-0.25, -0.2) is 5.84 Å². The molecule has 0 saturated heterocycles. The molecule has 0 atom stereocenters. The monoisotopic (exact) mass is 238 g/mol. The summed E-state index contributed by atoms with van der Waals surface area (Å²) in [6, 6.07) is 6.43. The van der Waals surface area contributed by atoms with Gasteiger partial charge in [0.1, 0.15) is 0 Å². The van der Waals surface area contributed by atoms with E-state index in [1.807, 2.05) is 0 Å². The van der Waals surface area contributed by atoms with Gasteiger partial charge < -0.3 is 0 Å². The average Bonchev–Trinajstić information content (AvgIpc) is 2.28. The Labute approximate surface area is 101 Å². The number of nitrogens with two attached hydrogens (primary N) is 1. The Bertz CT molecular complexity index is 366. The molecule has 1 aromatic carbocycles. The lowest BCUT2D eigenvalue weighted by Gasteiger charge is -2.04. The number of amides is 1. The molecule has 0 aliphatic rings. The molecule has 0 unspecified atom stereocenters. The van der Waals surface area contributed by atoms with Crippen molar-refractivity contribution < 1.29 is 4.79 Å². The minimum absolute atomic E-state index is 0.0966. The smallest absolute Gasteiger partial charge is 0.233 e. The molecular weight excluding hydrogens is 220 g/mol. The lowest BCUT2D eigenvalue weighted by molar-refractivity contribution is -0.121. The van der Waals surface area contributed by atoms with Crippen molar-refractivity contribution in [2.24, 2.45) is 5.84 Å². The summed E-state index contributed by atoms with van der Waals surface area (Å²) in [6.07, 6.45) is 1.34. The number of hydrazine groups is 1. The third-order valence-corrected chi connectivity index (χ3v) is 3.54. The molecular formula is C12H18N2OS. The first-order chi connectivity index (χ1) is 7.63. The van der Waals surface area contributed by atoms with Gasteiger partial charge in [0.2, 0.25) is 5.91 Å². The van der Waals surface area contributed by atoms with Gasteiger partial charge in [-0.3, -0.25) is 10.2 Å². The summed E-state index contributed by atoms with van der Waals surface area (Å²) in [5, 5.41) is 0. The molecule has 0 spiro atoms. The lowest BCUT2D eigenvalue weighted by atomic mass is 10.1. The van der Waals surface area contributed by atoms with Crippen molar-refractivity contribution in [1.82, 2.24) is 5.43 Å². The fraction of sp³-hybridized carbons (Fsp3) is 0.417. The van der Waals surface area contributed by atoms with Crippen molar-refractivity contribution in [3.8, 4) is 0 Å². The minimum atomic E-state index is -0.0966. The summed E-state index contributed by atoms with van der Waals surface area (Å²) >= 11 is 1.77. The van der Waals surface area contributed by atoms with Crippen molar-refractivity contribution in [1.29, 1.82) is 0 Å². The Morgan fingerprint density at radius 1 is 1.38 bits per heavy atom. The first-order valence-corrected chi connectivity index (χ1v) is 6.31. The van der Waals surface area contributed by atoms with Crippen LogP contribution in [0.25, 0.3) is 0 Å². The Balaban J connectivity index is 2.32. The number of hydrogen-bond acceptors (Lipinski definition) is 3. The van der Waals surface area contributed by atoms with E-state index in [4.69, 9.17) is 5.84 Å². The van der Waals surface area contributed by atoms with E-state index in [1.165, 1.54) is 16.0 Å². The van der Waals surface area contributed by atoms with E-state index in [1.54, 1.807) is 11.8 Å². The summed E-state index contributed by atoms with van der Waals surface area (Å²) in [6.45, 7) is 4.22. The topological polar surface area (TPSA) is 55.1 Å². The maximum absolute atomic E-state index is 10.9. The number of nitrogens with one attached hydrogen (secondary N) is 1. The van der Waals surface area contributed by atoms with Crippen LogP contribution in [0, 0.1) is 13.8 Å². The first-order valence-electron chi connectivity index (χ1n) is 5.33.